The third-order valence-corrected chi connectivity index (χ3v) is 3.62. The van der Waals surface area contributed by atoms with Gasteiger partial charge in [0, 0.05) is 12.3 Å². The van der Waals surface area contributed by atoms with Gasteiger partial charge in [-0.25, -0.2) is 9.97 Å². The van der Waals surface area contributed by atoms with Crippen molar-refractivity contribution in [3.05, 3.63) is 51.0 Å². The van der Waals surface area contributed by atoms with Gasteiger partial charge in [0.15, 0.2) is 11.4 Å². The molecule has 0 unspecified atom stereocenters. The van der Waals surface area contributed by atoms with Crippen molar-refractivity contribution in [2.75, 3.05) is 5.73 Å². The van der Waals surface area contributed by atoms with E-state index in [-0.39, 0.29) is 15.6 Å². The van der Waals surface area contributed by atoms with Crippen LogP contribution in [0.25, 0.3) is 11.2 Å². The number of halogens is 2. The molecule has 106 valence electrons. The quantitative estimate of drug-likeness (QED) is 0.707. The molecule has 0 fully saturated rings. The highest BCUT2D eigenvalue weighted by Gasteiger charge is 2.12. The van der Waals surface area contributed by atoms with Crippen LogP contribution in [0, 0.1) is 0 Å². The first-order valence-electron chi connectivity index (χ1n) is 5.81. The van der Waals surface area contributed by atoms with Crippen LogP contribution in [0.2, 0.25) is 10.0 Å². The van der Waals surface area contributed by atoms with E-state index in [9.17, 15) is 4.79 Å². The van der Waals surface area contributed by atoms with E-state index in [1.165, 1.54) is 6.20 Å². The summed E-state index contributed by atoms with van der Waals surface area (Å²) in [5.74, 6) is 0.718. The first-order valence-corrected chi connectivity index (χ1v) is 6.57. The molecule has 0 aliphatic carbocycles. The fraction of sp³-hybridized carbons (Fsp3) is 0. The lowest BCUT2D eigenvalue weighted by Gasteiger charge is -2.10. The molecule has 3 N–H and O–H groups in total. The molecule has 0 aliphatic rings. The Morgan fingerprint density at radius 2 is 1.90 bits per heavy atom. The second-order valence-electron chi connectivity index (χ2n) is 4.14. The molecule has 8 heteroatoms. The molecule has 21 heavy (non-hydrogen) atoms. The Balaban J connectivity index is 2.11. The highest BCUT2D eigenvalue weighted by molar-refractivity contribution is 6.44. The number of nitrogen functional groups attached to an aromatic ring is 1. The summed E-state index contributed by atoms with van der Waals surface area (Å²) in [6.07, 6.45) is 2.64. The van der Waals surface area contributed by atoms with Crippen LogP contribution in [0.5, 0.6) is 11.5 Å². The van der Waals surface area contributed by atoms with Gasteiger partial charge in [0.1, 0.15) is 16.3 Å². The smallest absolute Gasteiger partial charge is 0.268 e. The summed E-state index contributed by atoms with van der Waals surface area (Å²) in [5.41, 5.74) is 6.39. The van der Waals surface area contributed by atoms with Crippen LogP contribution in [0.1, 0.15) is 0 Å². The minimum atomic E-state index is -0.347. The maximum Gasteiger partial charge on any atom is 0.268 e. The van der Waals surface area contributed by atoms with Gasteiger partial charge in [-0.2, -0.15) is 0 Å². The van der Waals surface area contributed by atoms with Gasteiger partial charge < -0.3 is 15.5 Å². The van der Waals surface area contributed by atoms with Crippen LogP contribution in [0.4, 0.5) is 5.69 Å². The van der Waals surface area contributed by atoms with Crippen molar-refractivity contribution in [1.29, 1.82) is 0 Å². The molecule has 0 aliphatic heterocycles. The van der Waals surface area contributed by atoms with Gasteiger partial charge in [-0.15, -0.1) is 0 Å². The summed E-state index contributed by atoms with van der Waals surface area (Å²) < 4.78 is 5.70. The van der Waals surface area contributed by atoms with Crippen LogP contribution in [-0.2, 0) is 0 Å². The van der Waals surface area contributed by atoms with E-state index >= 15 is 0 Å². The molecule has 3 rings (SSSR count). The molecule has 0 radical (unpaired) electrons. The van der Waals surface area contributed by atoms with Crippen LogP contribution in [0.15, 0.2) is 35.4 Å². The van der Waals surface area contributed by atoms with Gasteiger partial charge in [-0.1, -0.05) is 23.2 Å². The molecule has 2 heterocycles. The lowest BCUT2D eigenvalue weighted by Crippen LogP contribution is -2.06. The largest absolute Gasteiger partial charge is 0.453 e. The molecule has 0 saturated carbocycles. The zero-order valence-corrected chi connectivity index (χ0v) is 11.9. The predicted molar refractivity (Wildman–Crippen MR) is 81.1 cm³/mol. The molecule has 3 aromatic rings. The Labute approximate surface area is 128 Å². The van der Waals surface area contributed by atoms with Crippen molar-refractivity contribution in [1.82, 2.24) is 15.0 Å². The number of ether oxygens (including phenoxy) is 1. The summed E-state index contributed by atoms with van der Waals surface area (Å²) in [6.45, 7) is 0. The second-order valence-corrected chi connectivity index (χ2v) is 4.89. The third-order valence-electron chi connectivity index (χ3n) is 2.74. The maximum absolute atomic E-state index is 11.2. The Morgan fingerprint density at radius 3 is 2.71 bits per heavy atom. The van der Waals surface area contributed by atoms with E-state index in [0.717, 1.165) is 6.20 Å². The number of nitrogens with one attached hydrogen (secondary N) is 1. The first kappa shape index (κ1) is 13.7. The molecule has 0 atom stereocenters. The monoisotopic (exact) mass is 322 g/mol. The number of benzene rings is 1. The first-order chi connectivity index (χ1) is 10.1. The highest BCUT2D eigenvalue weighted by Crippen LogP contribution is 2.38. The molecule has 2 aromatic heterocycles. The number of nitrogens with zero attached hydrogens (tertiary/aromatic N) is 2. The van der Waals surface area contributed by atoms with Gasteiger partial charge >= 0.3 is 0 Å². The van der Waals surface area contributed by atoms with Gasteiger partial charge in [0.2, 0.25) is 0 Å². The maximum atomic E-state index is 11.2. The zero-order valence-electron chi connectivity index (χ0n) is 10.4. The number of pyridine rings is 1. The van der Waals surface area contributed by atoms with E-state index in [2.05, 4.69) is 15.0 Å². The number of hydrogen-bond donors (Lipinski definition) is 2. The standard InChI is InChI=1S/C13H8Cl2N4O2/c14-10-6(16)1-2-7(11(10)15)21-8-3-4-17-13-12(8)18-5-9(20)19-13/h1-5H,16H2,(H,17,19,20). The molecular weight excluding hydrogens is 315 g/mol. The van der Waals surface area contributed by atoms with Crippen LogP contribution in [-0.4, -0.2) is 15.0 Å². The Hall–Kier alpha value is -2.31. The zero-order chi connectivity index (χ0) is 15.0. The normalized spacial score (nSPS) is 10.8. The fourth-order valence-corrected chi connectivity index (χ4v) is 2.12. The summed E-state index contributed by atoms with van der Waals surface area (Å²) >= 11 is 12.1. The average molecular weight is 323 g/mol. The van der Waals surface area contributed by atoms with E-state index in [4.69, 9.17) is 33.7 Å². The topological polar surface area (TPSA) is 93.9 Å². The van der Waals surface area contributed by atoms with Gasteiger partial charge in [0.25, 0.3) is 5.56 Å². The van der Waals surface area contributed by atoms with Gasteiger partial charge in [-0.05, 0) is 12.1 Å². The average Bonchev–Trinajstić information content (AvgIpc) is 2.48. The molecule has 0 saturated heterocycles. The van der Waals surface area contributed by atoms with Crippen molar-refractivity contribution in [3.8, 4) is 11.5 Å². The lowest BCUT2D eigenvalue weighted by molar-refractivity contribution is 0.487. The summed E-state index contributed by atoms with van der Waals surface area (Å²) in [5, 5.41) is 0.417. The van der Waals surface area contributed by atoms with Gasteiger partial charge in [0.05, 0.1) is 16.9 Å². The van der Waals surface area contributed by atoms with E-state index in [1.54, 1.807) is 18.2 Å². The number of aromatic amines is 1. The van der Waals surface area contributed by atoms with Crippen molar-refractivity contribution in [3.63, 3.8) is 0 Å². The second kappa shape index (κ2) is 5.23. The number of H-pyrrole nitrogens is 1. The molecular formula is C13H8Cl2N4O2. The Bertz CT molecular complexity index is 895. The third kappa shape index (κ3) is 2.51. The summed E-state index contributed by atoms with van der Waals surface area (Å²) in [7, 11) is 0. The van der Waals surface area contributed by atoms with Crippen molar-refractivity contribution < 1.29 is 4.74 Å². The van der Waals surface area contributed by atoms with Crippen molar-refractivity contribution in [2.45, 2.75) is 0 Å². The summed E-state index contributed by atoms with van der Waals surface area (Å²) in [6, 6.07) is 4.79. The fourth-order valence-electron chi connectivity index (χ4n) is 1.75. The van der Waals surface area contributed by atoms with E-state index in [1.807, 2.05) is 0 Å². The predicted octanol–water partition coefficient (Wildman–Crippen LogP) is 3.00. The number of aromatic nitrogens is 3. The van der Waals surface area contributed by atoms with Crippen LogP contribution < -0.4 is 16.0 Å². The molecule has 6 nitrogen and oxygen atoms in total. The Morgan fingerprint density at radius 1 is 1.10 bits per heavy atom. The van der Waals surface area contributed by atoms with E-state index in [0.29, 0.717) is 28.4 Å². The molecule has 0 amide bonds. The van der Waals surface area contributed by atoms with Gasteiger partial charge in [-0.3, -0.25) is 4.79 Å². The van der Waals surface area contributed by atoms with Crippen LogP contribution >= 0.6 is 23.2 Å². The number of rotatable bonds is 2. The van der Waals surface area contributed by atoms with Crippen molar-refractivity contribution in [2.24, 2.45) is 0 Å². The van der Waals surface area contributed by atoms with Crippen molar-refractivity contribution >= 4 is 40.1 Å². The number of nitrogens with two attached hydrogens (primary N) is 1. The lowest BCUT2D eigenvalue weighted by atomic mass is 10.3. The number of fused-ring (bicyclic) bond motifs is 1. The van der Waals surface area contributed by atoms with E-state index < -0.39 is 0 Å². The number of hydrogen-bond acceptors (Lipinski definition) is 5. The van der Waals surface area contributed by atoms with Crippen LogP contribution in [0.3, 0.4) is 0 Å². The Kier molecular flexibility index (Phi) is 3.40. The summed E-state index contributed by atoms with van der Waals surface area (Å²) in [4.78, 5) is 21.8. The highest BCUT2D eigenvalue weighted by atomic mass is 35.5. The minimum absolute atomic E-state index is 0.200. The number of anilines is 1. The minimum Gasteiger partial charge on any atom is -0.453 e. The molecule has 0 spiro atoms. The molecule has 0 bridgehead atoms. The SMILES string of the molecule is Nc1ccc(Oc2ccnc3[nH]c(=O)cnc23)c(Cl)c1Cl. The molecule has 1 aromatic carbocycles.